The van der Waals surface area contributed by atoms with E-state index in [-0.39, 0.29) is 18.4 Å². The van der Waals surface area contributed by atoms with Gasteiger partial charge in [0.05, 0.1) is 6.26 Å². The number of nitrogens with zero attached hydrogens (tertiary/aromatic N) is 1. The highest BCUT2D eigenvalue weighted by Crippen LogP contribution is 2.26. The summed E-state index contributed by atoms with van der Waals surface area (Å²) in [6, 6.07) is 5.16. The summed E-state index contributed by atoms with van der Waals surface area (Å²) in [5.41, 5.74) is 0.841. The number of halogens is 2. The average Bonchev–Trinajstić information content (AvgIpc) is 2.41. The van der Waals surface area contributed by atoms with Crippen molar-refractivity contribution in [2.24, 2.45) is 5.92 Å². The molecular formula is C16H22Cl2N2O3S. The van der Waals surface area contributed by atoms with E-state index in [1.54, 1.807) is 18.2 Å². The quantitative estimate of drug-likeness (QED) is 0.739. The molecule has 5 nitrogen and oxygen atoms in total. The van der Waals surface area contributed by atoms with Crippen molar-refractivity contribution in [3.05, 3.63) is 33.8 Å². The van der Waals surface area contributed by atoms with E-state index in [2.05, 4.69) is 5.32 Å². The second-order valence-corrected chi connectivity index (χ2v) is 8.89. The van der Waals surface area contributed by atoms with Gasteiger partial charge in [0.25, 0.3) is 0 Å². The average molecular weight is 393 g/mol. The third kappa shape index (κ3) is 5.62. The Kier molecular flexibility index (Phi) is 6.92. The first kappa shape index (κ1) is 19.5. The lowest BCUT2D eigenvalue weighted by Gasteiger charge is -2.25. The van der Waals surface area contributed by atoms with E-state index >= 15 is 0 Å². The van der Waals surface area contributed by atoms with Crippen LogP contribution in [-0.2, 0) is 21.2 Å². The lowest BCUT2D eigenvalue weighted by molar-refractivity contribution is -0.127. The van der Waals surface area contributed by atoms with E-state index in [9.17, 15) is 13.2 Å². The maximum atomic E-state index is 11.9. The van der Waals surface area contributed by atoms with E-state index in [0.717, 1.165) is 24.8 Å². The largest absolute Gasteiger partial charge is 0.355 e. The molecule has 0 unspecified atom stereocenters. The molecule has 8 heteroatoms. The van der Waals surface area contributed by atoms with Crippen LogP contribution >= 0.6 is 23.2 Å². The van der Waals surface area contributed by atoms with Gasteiger partial charge in [0.15, 0.2) is 0 Å². The second-order valence-electron chi connectivity index (χ2n) is 6.07. The Hall–Kier alpha value is -0.820. The van der Waals surface area contributed by atoms with Crippen LogP contribution in [0.4, 0.5) is 0 Å². The van der Waals surface area contributed by atoms with Crippen LogP contribution in [0.15, 0.2) is 18.2 Å². The summed E-state index contributed by atoms with van der Waals surface area (Å²) < 4.78 is 25.2. The van der Waals surface area contributed by atoms with Crippen LogP contribution in [0.3, 0.4) is 0 Å². The van der Waals surface area contributed by atoms with Gasteiger partial charge in [-0.25, -0.2) is 12.7 Å². The van der Waals surface area contributed by atoms with Crippen molar-refractivity contribution in [2.45, 2.75) is 25.7 Å². The van der Waals surface area contributed by atoms with Crippen molar-refractivity contribution < 1.29 is 13.2 Å². The smallest absolute Gasteiger partial charge is 0.223 e. The SMILES string of the molecule is CS(=O)(=O)N(CCNC(=O)C1CCC1)CCc1ccc(Cl)cc1Cl. The van der Waals surface area contributed by atoms with Crippen molar-refractivity contribution in [2.75, 3.05) is 25.9 Å². The molecule has 0 bridgehead atoms. The first-order chi connectivity index (χ1) is 11.3. The maximum absolute atomic E-state index is 11.9. The van der Waals surface area contributed by atoms with Crippen LogP contribution in [0.1, 0.15) is 24.8 Å². The van der Waals surface area contributed by atoms with Crippen molar-refractivity contribution in [1.82, 2.24) is 9.62 Å². The summed E-state index contributed by atoms with van der Waals surface area (Å²) in [6.07, 6.45) is 4.60. The lowest BCUT2D eigenvalue weighted by Crippen LogP contribution is -2.41. The van der Waals surface area contributed by atoms with Gasteiger partial charge in [0.2, 0.25) is 15.9 Å². The number of rotatable bonds is 8. The monoisotopic (exact) mass is 392 g/mol. The summed E-state index contributed by atoms with van der Waals surface area (Å²) in [5, 5.41) is 3.88. The Bertz CT molecular complexity index is 691. The van der Waals surface area contributed by atoms with Crippen LogP contribution in [0, 0.1) is 5.92 Å². The molecule has 2 rings (SSSR count). The molecule has 1 aliphatic carbocycles. The lowest BCUT2D eigenvalue weighted by atomic mass is 9.85. The molecule has 0 radical (unpaired) electrons. The molecule has 0 heterocycles. The minimum Gasteiger partial charge on any atom is -0.355 e. The zero-order chi connectivity index (χ0) is 17.7. The zero-order valence-corrected chi connectivity index (χ0v) is 15.9. The summed E-state index contributed by atoms with van der Waals surface area (Å²) in [7, 11) is -3.35. The Labute approximate surface area is 153 Å². The molecule has 0 atom stereocenters. The Morgan fingerprint density at radius 3 is 2.54 bits per heavy atom. The molecule has 1 fully saturated rings. The zero-order valence-electron chi connectivity index (χ0n) is 13.6. The van der Waals surface area contributed by atoms with Crippen molar-refractivity contribution in [3.8, 4) is 0 Å². The summed E-state index contributed by atoms with van der Waals surface area (Å²) in [5.74, 6) is 0.125. The Morgan fingerprint density at radius 2 is 2.00 bits per heavy atom. The van der Waals surface area contributed by atoms with Gasteiger partial charge in [0.1, 0.15) is 0 Å². The molecule has 1 amide bonds. The van der Waals surface area contributed by atoms with Crippen LogP contribution in [-0.4, -0.2) is 44.5 Å². The molecule has 0 aromatic heterocycles. The van der Waals surface area contributed by atoms with E-state index < -0.39 is 10.0 Å². The molecule has 24 heavy (non-hydrogen) atoms. The third-order valence-electron chi connectivity index (χ3n) is 4.25. The number of carbonyl (C=O) groups is 1. The van der Waals surface area contributed by atoms with Gasteiger partial charge < -0.3 is 5.32 Å². The number of sulfonamides is 1. The predicted octanol–water partition coefficient (Wildman–Crippen LogP) is 2.71. The molecular weight excluding hydrogens is 371 g/mol. The first-order valence-corrected chi connectivity index (χ1v) is 10.5. The fourth-order valence-electron chi connectivity index (χ4n) is 2.53. The standard InChI is InChI=1S/C16H22Cl2N2O3S/c1-24(22,23)20(10-8-19-16(21)13-3-2-4-13)9-7-12-5-6-14(17)11-15(12)18/h5-6,11,13H,2-4,7-10H2,1H3,(H,19,21). The number of hydrogen-bond acceptors (Lipinski definition) is 3. The van der Waals surface area contributed by atoms with Gasteiger partial charge in [0, 0.05) is 35.6 Å². The molecule has 1 saturated carbocycles. The summed E-state index contributed by atoms with van der Waals surface area (Å²) in [4.78, 5) is 11.8. The minimum atomic E-state index is -3.35. The van der Waals surface area contributed by atoms with E-state index in [1.165, 1.54) is 10.6 Å². The first-order valence-electron chi connectivity index (χ1n) is 7.94. The van der Waals surface area contributed by atoms with Crippen molar-refractivity contribution >= 4 is 39.1 Å². The number of amides is 1. The second kappa shape index (κ2) is 8.52. The molecule has 134 valence electrons. The molecule has 0 spiro atoms. The van der Waals surface area contributed by atoms with Crippen molar-refractivity contribution in [3.63, 3.8) is 0 Å². The van der Waals surface area contributed by atoms with Crippen LogP contribution < -0.4 is 5.32 Å². The normalized spacial score (nSPS) is 15.3. The number of carbonyl (C=O) groups excluding carboxylic acids is 1. The predicted molar refractivity (Wildman–Crippen MR) is 96.9 cm³/mol. The minimum absolute atomic E-state index is 0.0236. The van der Waals surface area contributed by atoms with Crippen LogP contribution in [0.25, 0.3) is 0 Å². The highest BCUT2D eigenvalue weighted by Gasteiger charge is 2.25. The molecule has 0 saturated heterocycles. The fourth-order valence-corrected chi connectivity index (χ4v) is 3.88. The molecule has 0 aliphatic heterocycles. The van der Waals surface area contributed by atoms with Crippen LogP contribution in [0.5, 0.6) is 0 Å². The van der Waals surface area contributed by atoms with Crippen molar-refractivity contribution in [1.29, 1.82) is 0 Å². The van der Waals surface area contributed by atoms with Gasteiger partial charge >= 0.3 is 0 Å². The number of benzene rings is 1. The summed E-state index contributed by atoms with van der Waals surface area (Å²) >= 11 is 12.0. The van der Waals surface area contributed by atoms with Gasteiger partial charge in [-0.1, -0.05) is 35.7 Å². The highest BCUT2D eigenvalue weighted by atomic mass is 35.5. The number of hydrogen-bond donors (Lipinski definition) is 1. The van der Waals surface area contributed by atoms with Gasteiger partial charge in [-0.05, 0) is 37.0 Å². The van der Waals surface area contributed by atoms with Gasteiger partial charge in [-0.15, -0.1) is 0 Å². The van der Waals surface area contributed by atoms with Gasteiger partial charge in [-0.3, -0.25) is 4.79 Å². The highest BCUT2D eigenvalue weighted by molar-refractivity contribution is 7.88. The van der Waals surface area contributed by atoms with E-state index in [0.29, 0.717) is 29.6 Å². The molecule has 1 aromatic carbocycles. The fraction of sp³-hybridized carbons (Fsp3) is 0.562. The van der Waals surface area contributed by atoms with Gasteiger partial charge in [-0.2, -0.15) is 0 Å². The number of nitrogens with one attached hydrogen (secondary N) is 1. The summed E-state index contributed by atoms with van der Waals surface area (Å²) in [6.45, 7) is 0.874. The van der Waals surface area contributed by atoms with E-state index in [1.807, 2.05) is 0 Å². The molecule has 1 N–H and O–H groups in total. The van der Waals surface area contributed by atoms with Crippen LogP contribution in [0.2, 0.25) is 10.0 Å². The van der Waals surface area contributed by atoms with E-state index in [4.69, 9.17) is 23.2 Å². The maximum Gasteiger partial charge on any atom is 0.223 e. The molecule has 1 aromatic rings. The Morgan fingerprint density at radius 1 is 1.29 bits per heavy atom. The topological polar surface area (TPSA) is 66.5 Å². The Balaban J connectivity index is 1.87. The molecule has 1 aliphatic rings. The third-order valence-corrected chi connectivity index (χ3v) is 6.14.